The number of nitrogens with one attached hydrogen (secondary N) is 2. The second-order valence-electron chi connectivity index (χ2n) is 8.84. The van der Waals surface area contributed by atoms with E-state index < -0.39 is 15.1 Å². The van der Waals surface area contributed by atoms with E-state index in [0.29, 0.717) is 30.1 Å². The van der Waals surface area contributed by atoms with Crippen LogP contribution in [0.4, 0.5) is 23.1 Å². The van der Waals surface area contributed by atoms with Crippen molar-refractivity contribution in [3.8, 4) is 16.9 Å². The van der Waals surface area contributed by atoms with E-state index in [-0.39, 0.29) is 21.7 Å². The molecule has 10 heteroatoms. The zero-order chi connectivity index (χ0) is 27.3. The van der Waals surface area contributed by atoms with Gasteiger partial charge >= 0.3 is 0 Å². The van der Waals surface area contributed by atoms with Crippen LogP contribution in [-0.4, -0.2) is 37.3 Å². The van der Waals surface area contributed by atoms with Crippen LogP contribution in [0.15, 0.2) is 77.8 Å². The summed E-state index contributed by atoms with van der Waals surface area (Å²) < 4.78 is 31.4. The first-order valence-corrected chi connectivity index (χ1v) is 14.0. The van der Waals surface area contributed by atoms with Crippen LogP contribution in [0.5, 0.6) is 5.75 Å². The summed E-state index contributed by atoms with van der Waals surface area (Å²) in [5.74, 6) is 1.12. The second-order valence-corrected chi connectivity index (χ2v) is 11.7. The van der Waals surface area contributed by atoms with Gasteiger partial charge in [-0.15, -0.1) is 0 Å². The summed E-state index contributed by atoms with van der Waals surface area (Å²) in [6.45, 7) is 3.76. The van der Waals surface area contributed by atoms with E-state index in [0.717, 1.165) is 16.7 Å². The number of rotatable bonds is 10. The molecule has 0 aliphatic heterocycles. The number of benzene rings is 3. The lowest BCUT2D eigenvalue weighted by molar-refractivity contribution is 0.417. The van der Waals surface area contributed by atoms with Crippen LogP contribution in [-0.2, 0) is 16.3 Å². The molecule has 0 radical (unpaired) electrons. The van der Waals surface area contributed by atoms with E-state index in [9.17, 15) is 8.42 Å². The summed E-state index contributed by atoms with van der Waals surface area (Å²) in [5.41, 5.74) is 10.1. The molecule has 0 aliphatic carbocycles. The molecule has 1 heterocycles. The number of nitrogens with two attached hydrogens (primary N) is 1. The van der Waals surface area contributed by atoms with Gasteiger partial charge < -0.3 is 21.1 Å². The van der Waals surface area contributed by atoms with Crippen LogP contribution < -0.4 is 21.1 Å². The molecule has 0 atom stereocenters. The Bertz CT molecular complexity index is 1530. The molecule has 0 saturated heterocycles. The molecular weight excluding hydrogens is 522 g/mol. The highest BCUT2D eigenvalue weighted by atomic mass is 35.5. The first kappa shape index (κ1) is 27.4. The first-order valence-electron chi connectivity index (χ1n) is 12.1. The molecule has 4 rings (SSSR count). The molecular formula is C28H30ClN5O3S. The number of sulfone groups is 1. The average Bonchev–Trinajstić information content (AvgIpc) is 2.91. The molecule has 0 bridgehead atoms. The number of ether oxygens (including phenoxy) is 1. The first-order chi connectivity index (χ1) is 18.2. The zero-order valence-corrected chi connectivity index (χ0v) is 23.0. The Balaban J connectivity index is 1.70. The number of hydrogen-bond acceptors (Lipinski definition) is 8. The number of aromatic nitrogens is 2. The fraction of sp³-hybridized carbons (Fsp3) is 0.214. The van der Waals surface area contributed by atoms with Gasteiger partial charge in [0.1, 0.15) is 10.8 Å². The van der Waals surface area contributed by atoms with Gasteiger partial charge in [-0.05, 0) is 67.8 Å². The lowest BCUT2D eigenvalue weighted by atomic mass is 9.96. The summed E-state index contributed by atoms with van der Waals surface area (Å²) in [5, 5.41) is 5.93. The maximum absolute atomic E-state index is 12.9. The predicted octanol–water partition coefficient (Wildman–Crippen LogP) is 5.98. The molecule has 4 N–H and O–H groups in total. The highest BCUT2D eigenvalue weighted by molar-refractivity contribution is 7.92. The molecule has 38 heavy (non-hydrogen) atoms. The highest BCUT2D eigenvalue weighted by Crippen LogP contribution is 2.36. The summed E-state index contributed by atoms with van der Waals surface area (Å²) >= 11 is 6.39. The van der Waals surface area contributed by atoms with Gasteiger partial charge in [0.05, 0.1) is 34.8 Å². The third-order valence-corrected chi connectivity index (χ3v) is 8.47. The van der Waals surface area contributed by atoms with E-state index in [1.807, 2.05) is 42.5 Å². The van der Waals surface area contributed by atoms with Gasteiger partial charge in [0, 0.05) is 0 Å². The van der Waals surface area contributed by atoms with Crippen LogP contribution in [0, 0.1) is 0 Å². The van der Waals surface area contributed by atoms with Gasteiger partial charge in [0.2, 0.25) is 5.95 Å². The van der Waals surface area contributed by atoms with Crippen LogP contribution in [0.3, 0.4) is 0 Å². The summed E-state index contributed by atoms with van der Waals surface area (Å²) in [6, 6.07) is 20.6. The monoisotopic (exact) mass is 551 g/mol. The van der Waals surface area contributed by atoms with Gasteiger partial charge in [0.25, 0.3) is 0 Å². The SMILES string of the molecule is COc1cc(-c2ccccc2)c(CCN)cc1Nc1ncc(Cl)c(Nc2ccccc2S(=O)(=O)C(C)C)n1. The third-order valence-electron chi connectivity index (χ3n) is 5.98. The number of hydrogen-bond donors (Lipinski definition) is 3. The lowest BCUT2D eigenvalue weighted by Gasteiger charge is -2.17. The second kappa shape index (κ2) is 11.8. The van der Waals surface area contributed by atoms with Crippen LogP contribution in [0.2, 0.25) is 5.02 Å². The summed E-state index contributed by atoms with van der Waals surface area (Å²) in [6.07, 6.45) is 2.11. The molecule has 8 nitrogen and oxygen atoms in total. The predicted molar refractivity (Wildman–Crippen MR) is 154 cm³/mol. The van der Waals surface area contributed by atoms with Crippen molar-refractivity contribution < 1.29 is 13.2 Å². The molecule has 4 aromatic rings. The molecule has 0 amide bonds. The number of para-hydroxylation sites is 1. The van der Waals surface area contributed by atoms with Gasteiger partial charge in [-0.3, -0.25) is 0 Å². The van der Waals surface area contributed by atoms with Crippen molar-refractivity contribution in [2.45, 2.75) is 30.4 Å². The Morgan fingerprint density at radius 1 is 1.00 bits per heavy atom. The molecule has 0 saturated carbocycles. The molecule has 0 unspecified atom stereocenters. The standard InChI is InChI=1S/C28H30ClN5O3S/c1-18(2)38(35,36)26-12-8-7-11-23(26)32-27-22(29)17-31-28(34-27)33-24-15-20(13-14-30)21(16-25(24)37-3)19-9-5-4-6-10-19/h4-12,15-18H,13-14,30H2,1-3H3,(H2,31,32,33,34). The van der Waals surface area contributed by atoms with Crippen LogP contribution in [0.1, 0.15) is 19.4 Å². The molecule has 3 aromatic carbocycles. The smallest absolute Gasteiger partial charge is 0.229 e. The lowest BCUT2D eigenvalue weighted by Crippen LogP contribution is -2.15. The van der Waals surface area contributed by atoms with Crippen LogP contribution in [0.25, 0.3) is 11.1 Å². The normalized spacial score (nSPS) is 11.4. The van der Waals surface area contributed by atoms with Crippen molar-refractivity contribution in [1.82, 2.24) is 9.97 Å². The number of nitrogens with zero attached hydrogens (tertiary/aromatic N) is 2. The van der Waals surface area contributed by atoms with Crippen molar-refractivity contribution in [2.24, 2.45) is 5.73 Å². The number of anilines is 4. The molecule has 0 fully saturated rings. The topological polar surface area (TPSA) is 119 Å². The Morgan fingerprint density at radius 2 is 1.71 bits per heavy atom. The quantitative estimate of drug-likeness (QED) is 0.220. The molecule has 198 valence electrons. The van der Waals surface area contributed by atoms with Gasteiger partial charge in [-0.1, -0.05) is 54.1 Å². The molecule has 0 aliphatic rings. The maximum Gasteiger partial charge on any atom is 0.229 e. The van der Waals surface area contributed by atoms with Crippen molar-refractivity contribution in [3.63, 3.8) is 0 Å². The fourth-order valence-corrected chi connectivity index (χ4v) is 5.31. The largest absolute Gasteiger partial charge is 0.495 e. The third kappa shape index (κ3) is 5.91. The minimum Gasteiger partial charge on any atom is -0.495 e. The number of methoxy groups -OCH3 is 1. The maximum atomic E-state index is 12.9. The summed E-state index contributed by atoms with van der Waals surface area (Å²) in [7, 11) is -1.94. The highest BCUT2D eigenvalue weighted by Gasteiger charge is 2.23. The van der Waals surface area contributed by atoms with Crippen molar-refractivity contribution in [2.75, 3.05) is 24.3 Å². The van der Waals surface area contributed by atoms with E-state index >= 15 is 0 Å². The Kier molecular flexibility index (Phi) is 8.51. The van der Waals surface area contributed by atoms with Crippen molar-refractivity contribution >= 4 is 44.6 Å². The zero-order valence-electron chi connectivity index (χ0n) is 21.4. The van der Waals surface area contributed by atoms with Crippen molar-refractivity contribution in [1.29, 1.82) is 0 Å². The Hall–Kier alpha value is -3.66. The van der Waals surface area contributed by atoms with Crippen LogP contribution >= 0.6 is 11.6 Å². The molecule has 1 aromatic heterocycles. The fourth-order valence-electron chi connectivity index (χ4n) is 3.97. The van der Waals surface area contributed by atoms with E-state index in [2.05, 4.69) is 20.6 Å². The van der Waals surface area contributed by atoms with E-state index in [1.54, 1.807) is 45.2 Å². The Labute approximate surface area is 228 Å². The minimum atomic E-state index is -3.54. The molecule has 0 spiro atoms. The minimum absolute atomic E-state index is 0.170. The Morgan fingerprint density at radius 3 is 2.39 bits per heavy atom. The van der Waals surface area contributed by atoms with E-state index in [4.69, 9.17) is 22.1 Å². The van der Waals surface area contributed by atoms with E-state index in [1.165, 1.54) is 6.20 Å². The van der Waals surface area contributed by atoms with Gasteiger partial charge in [0.15, 0.2) is 15.7 Å². The summed E-state index contributed by atoms with van der Waals surface area (Å²) in [4.78, 5) is 9.01. The van der Waals surface area contributed by atoms with Gasteiger partial charge in [-0.25, -0.2) is 13.4 Å². The number of halogens is 1. The van der Waals surface area contributed by atoms with Crippen molar-refractivity contribution in [3.05, 3.63) is 83.5 Å². The average molecular weight is 552 g/mol. The van der Waals surface area contributed by atoms with Gasteiger partial charge in [-0.2, -0.15) is 4.98 Å².